The number of anilines is 1. The molecule has 1 aromatic carbocycles. The van der Waals surface area contributed by atoms with E-state index in [0.29, 0.717) is 37.1 Å². The lowest BCUT2D eigenvalue weighted by Crippen LogP contribution is -2.54. The number of rotatable bonds is 6. The lowest BCUT2D eigenvalue weighted by Gasteiger charge is -2.41. The van der Waals surface area contributed by atoms with E-state index in [-0.39, 0.29) is 12.1 Å². The summed E-state index contributed by atoms with van der Waals surface area (Å²) in [6.07, 6.45) is 6.14. The Balaban J connectivity index is 1.24. The average molecular weight is 538 g/mol. The zero-order valence-corrected chi connectivity index (χ0v) is 23.3. The van der Waals surface area contributed by atoms with Crippen molar-refractivity contribution in [2.75, 3.05) is 37.6 Å². The molecule has 0 saturated carbocycles. The Labute approximate surface area is 228 Å². The van der Waals surface area contributed by atoms with Gasteiger partial charge in [0.15, 0.2) is 0 Å². The van der Waals surface area contributed by atoms with E-state index in [4.69, 9.17) is 16.3 Å². The first-order valence-electron chi connectivity index (χ1n) is 13.4. The van der Waals surface area contributed by atoms with Gasteiger partial charge in [-0.3, -0.25) is 4.90 Å². The number of nitrogens with one attached hydrogen (secondary N) is 1. The van der Waals surface area contributed by atoms with Crippen LogP contribution in [-0.2, 0) is 11.2 Å². The molecule has 8 nitrogen and oxygen atoms in total. The molecule has 0 radical (unpaired) electrons. The van der Waals surface area contributed by atoms with Gasteiger partial charge < -0.3 is 19.5 Å². The predicted molar refractivity (Wildman–Crippen MR) is 151 cm³/mol. The number of hydrogen-bond acceptors (Lipinski definition) is 4. The lowest BCUT2D eigenvalue weighted by molar-refractivity contribution is -0.00305. The van der Waals surface area contributed by atoms with Gasteiger partial charge in [-0.05, 0) is 69.2 Å². The van der Waals surface area contributed by atoms with Gasteiger partial charge in [0.1, 0.15) is 11.2 Å². The minimum Gasteiger partial charge on any atom is -0.444 e. The van der Waals surface area contributed by atoms with E-state index in [1.807, 2.05) is 61.0 Å². The van der Waals surface area contributed by atoms with Crippen LogP contribution in [0.3, 0.4) is 0 Å². The van der Waals surface area contributed by atoms with Crippen molar-refractivity contribution in [2.45, 2.75) is 52.6 Å². The Morgan fingerprint density at radius 2 is 2.03 bits per heavy atom. The summed E-state index contributed by atoms with van der Waals surface area (Å²) in [6, 6.07) is 8.00. The van der Waals surface area contributed by atoms with E-state index < -0.39 is 5.60 Å². The largest absolute Gasteiger partial charge is 0.444 e. The molecule has 2 aliphatic rings. The second kappa shape index (κ2) is 10.5. The van der Waals surface area contributed by atoms with Crippen LogP contribution < -0.4 is 4.90 Å². The highest BCUT2D eigenvalue weighted by Gasteiger charge is 2.35. The average Bonchev–Trinajstić information content (AvgIpc) is 3.27. The Hall–Kier alpha value is -3.26. The smallest absolute Gasteiger partial charge is 0.410 e. The monoisotopic (exact) mass is 537 g/mol. The fraction of sp³-hybridized carbons (Fsp3) is 0.483. The molecule has 2 aromatic heterocycles. The maximum atomic E-state index is 13.4. The summed E-state index contributed by atoms with van der Waals surface area (Å²) >= 11 is 6.86. The minimum absolute atomic E-state index is 0.0234. The number of benzene rings is 1. The zero-order chi connectivity index (χ0) is 27.0. The molecule has 3 aromatic rings. The second-order valence-electron chi connectivity index (χ2n) is 11.2. The van der Waals surface area contributed by atoms with Crippen LogP contribution in [0, 0.1) is 5.92 Å². The number of aryl methyl sites for hydroxylation is 1. The number of pyridine rings is 1. The van der Waals surface area contributed by atoms with Crippen LogP contribution in [0.5, 0.6) is 0 Å². The number of carbonyl (C=O) groups is 2. The summed E-state index contributed by atoms with van der Waals surface area (Å²) in [7, 11) is 0. The van der Waals surface area contributed by atoms with E-state index >= 15 is 0 Å². The predicted octanol–water partition coefficient (Wildman–Crippen LogP) is 6.33. The molecule has 3 amide bonds. The van der Waals surface area contributed by atoms with Gasteiger partial charge in [0, 0.05) is 61.8 Å². The Morgan fingerprint density at radius 3 is 2.76 bits per heavy atom. The summed E-state index contributed by atoms with van der Waals surface area (Å²) in [5.41, 5.74) is 4.09. The maximum Gasteiger partial charge on any atom is 0.410 e. The maximum absolute atomic E-state index is 13.4. The van der Waals surface area contributed by atoms with Crippen molar-refractivity contribution in [3.63, 3.8) is 0 Å². The van der Waals surface area contributed by atoms with Crippen molar-refractivity contribution in [3.8, 4) is 11.1 Å². The molecule has 9 heteroatoms. The summed E-state index contributed by atoms with van der Waals surface area (Å²) < 4.78 is 5.44. The molecule has 4 heterocycles. The number of hydrogen-bond donors (Lipinski definition) is 1. The molecule has 0 unspecified atom stereocenters. The van der Waals surface area contributed by atoms with E-state index in [1.54, 1.807) is 11.1 Å². The van der Waals surface area contributed by atoms with Gasteiger partial charge in [-0.25, -0.2) is 14.6 Å². The topological polar surface area (TPSA) is 81.8 Å². The number of aromatic amines is 1. The molecule has 2 fully saturated rings. The van der Waals surface area contributed by atoms with E-state index in [0.717, 1.165) is 59.2 Å². The van der Waals surface area contributed by atoms with E-state index in [9.17, 15) is 9.59 Å². The number of carbonyl (C=O) groups excluding carboxylic acids is 2. The third-order valence-corrected chi connectivity index (χ3v) is 7.69. The number of nitrogens with zero attached hydrogens (tertiary/aromatic N) is 4. The molecular formula is C29H36ClN5O3. The number of aromatic nitrogens is 2. The summed E-state index contributed by atoms with van der Waals surface area (Å²) in [6.45, 7) is 11.2. The summed E-state index contributed by atoms with van der Waals surface area (Å²) in [4.78, 5) is 38.9. The number of fused-ring (bicyclic) bond motifs is 1. The van der Waals surface area contributed by atoms with Gasteiger partial charge in [-0.2, -0.15) is 0 Å². The fourth-order valence-corrected chi connectivity index (χ4v) is 5.60. The molecule has 202 valence electrons. The number of ether oxygens (including phenoxy) is 1. The normalized spacial score (nSPS) is 16.8. The number of urea groups is 1. The molecular weight excluding hydrogens is 502 g/mol. The highest BCUT2D eigenvalue weighted by molar-refractivity contribution is 6.38. The zero-order valence-electron chi connectivity index (χ0n) is 22.6. The van der Waals surface area contributed by atoms with Crippen molar-refractivity contribution in [3.05, 3.63) is 47.2 Å². The lowest BCUT2D eigenvalue weighted by atomic mass is 9.96. The quantitative estimate of drug-likeness (QED) is 0.398. The Kier molecular flexibility index (Phi) is 7.27. The third kappa shape index (κ3) is 5.32. The van der Waals surface area contributed by atoms with E-state index in [1.165, 1.54) is 0 Å². The van der Waals surface area contributed by atoms with Gasteiger partial charge in [0.05, 0.1) is 5.02 Å². The van der Waals surface area contributed by atoms with Crippen LogP contribution in [0.15, 0.2) is 36.7 Å². The molecule has 2 aliphatic heterocycles. The summed E-state index contributed by atoms with van der Waals surface area (Å²) in [5, 5.41) is 1.64. The molecule has 0 aliphatic carbocycles. The van der Waals surface area contributed by atoms with Crippen LogP contribution in [0.1, 0.15) is 46.1 Å². The van der Waals surface area contributed by atoms with E-state index in [2.05, 4.69) is 16.9 Å². The van der Waals surface area contributed by atoms with Crippen LogP contribution in [0.4, 0.5) is 15.3 Å². The fourth-order valence-electron chi connectivity index (χ4n) is 5.24. The number of halogens is 1. The number of likely N-dealkylation sites (tertiary alicyclic amines) is 1. The first-order valence-corrected chi connectivity index (χ1v) is 13.8. The number of amides is 3. The third-order valence-electron chi connectivity index (χ3n) is 7.30. The Morgan fingerprint density at radius 1 is 1.24 bits per heavy atom. The molecule has 38 heavy (non-hydrogen) atoms. The molecule has 0 spiro atoms. The van der Waals surface area contributed by atoms with Crippen molar-refractivity contribution in [1.29, 1.82) is 0 Å². The second-order valence-corrected chi connectivity index (χ2v) is 11.6. The highest BCUT2D eigenvalue weighted by Crippen LogP contribution is 2.36. The van der Waals surface area contributed by atoms with Gasteiger partial charge in [-0.15, -0.1) is 0 Å². The van der Waals surface area contributed by atoms with Crippen molar-refractivity contribution in [2.24, 2.45) is 5.92 Å². The van der Waals surface area contributed by atoms with Gasteiger partial charge in [0.2, 0.25) is 0 Å². The van der Waals surface area contributed by atoms with Gasteiger partial charge >= 0.3 is 12.1 Å². The summed E-state index contributed by atoms with van der Waals surface area (Å²) in [5.74, 6) is 0.389. The molecule has 0 atom stereocenters. The number of H-pyrrole nitrogens is 1. The van der Waals surface area contributed by atoms with Crippen molar-refractivity contribution in [1.82, 2.24) is 19.8 Å². The Bertz CT molecular complexity index is 1340. The van der Waals surface area contributed by atoms with Crippen LogP contribution >= 0.6 is 11.6 Å². The first-order chi connectivity index (χ1) is 18.1. The SMILES string of the molecule is CCc1c[nH]c2ncc(-c3cccc(N4CCCN(CCC5CN(C(=O)OC(C)(C)C)C5)C4=O)c3)c(Cl)c12. The van der Waals surface area contributed by atoms with Crippen LogP contribution in [0.2, 0.25) is 5.02 Å². The molecule has 1 N–H and O–H groups in total. The molecule has 0 bridgehead atoms. The van der Waals surface area contributed by atoms with Gasteiger partial charge in [0.25, 0.3) is 0 Å². The van der Waals surface area contributed by atoms with Crippen LogP contribution in [-0.4, -0.2) is 70.2 Å². The van der Waals surface area contributed by atoms with Gasteiger partial charge in [-0.1, -0.05) is 30.7 Å². The first kappa shape index (κ1) is 26.4. The molecule has 2 saturated heterocycles. The highest BCUT2D eigenvalue weighted by atomic mass is 35.5. The standard InChI is InChI=1S/C29H36ClN5O3/c1-5-20-15-31-26-24(20)25(30)23(16-32-26)21-8-6-9-22(14-21)35-12-7-11-33(27(35)36)13-10-19-17-34(18-19)28(37)38-29(2,3)4/h6,8-9,14-16,19H,5,7,10-13,17-18H2,1-4H3,(H,31,32). The van der Waals surface area contributed by atoms with Crippen molar-refractivity contribution < 1.29 is 14.3 Å². The van der Waals surface area contributed by atoms with Crippen molar-refractivity contribution >= 4 is 40.4 Å². The minimum atomic E-state index is -0.488. The molecule has 5 rings (SSSR count). The van der Waals surface area contributed by atoms with Crippen LogP contribution in [0.25, 0.3) is 22.2 Å².